The Labute approximate surface area is 276 Å². The molecule has 0 radical (unpaired) electrons. The molecule has 0 aromatic carbocycles. The molecule has 1 unspecified atom stereocenters. The molecule has 0 spiro atoms. The van der Waals surface area contributed by atoms with Crippen LogP contribution in [0.25, 0.3) is 0 Å². The first-order valence-corrected chi connectivity index (χ1v) is 24.2. The molecule has 1 N–H and O–H groups in total. The van der Waals surface area contributed by atoms with Gasteiger partial charge in [0, 0.05) is 6.42 Å². The van der Waals surface area contributed by atoms with Gasteiger partial charge in [-0.05, 0) is 135 Å². The highest BCUT2D eigenvalue weighted by molar-refractivity contribution is 6.74. The number of rotatable bonds is 11. The van der Waals surface area contributed by atoms with E-state index in [0.717, 1.165) is 49.4 Å². The Bertz CT molecular complexity index is 1010. The Morgan fingerprint density at radius 2 is 1.55 bits per heavy atom. The maximum absolute atomic E-state index is 10.2. The highest BCUT2D eigenvalue weighted by Crippen LogP contribution is 2.61. The Hall–Kier alpha value is -0.206. The second-order valence-corrected chi connectivity index (χ2v) is 28.9. The molecule has 3 saturated carbocycles. The highest BCUT2D eigenvalue weighted by Gasteiger charge is 2.52. The van der Waals surface area contributed by atoms with Gasteiger partial charge in [0.2, 0.25) is 0 Å². The molecular weight excluding hydrogens is 573 g/mol. The number of hydrogen-bond acceptors (Lipinski definition) is 3. The standard InChI is InChI=1S/C39H74O3Si2/c1-28(18-16-24-38(9,10)40)33-22-23-34-30(19-17-25-39(33,34)11)20-21-31-26-32(41-43(12,13)36(3,4)5)27-35(29(31)2)42-44(14,15)37(6,7)8/h21,28,30,32-35,40H,2,16-20,22-27H2,1,3-15H3/b31-21+/t28-,30?,32-,33-,34+,35+,39-/m1/s1. The summed E-state index contributed by atoms with van der Waals surface area (Å²) >= 11 is 0. The van der Waals surface area contributed by atoms with Crippen molar-refractivity contribution >= 4 is 16.6 Å². The van der Waals surface area contributed by atoms with E-state index >= 15 is 0 Å². The van der Waals surface area contributed by atoms with E-state index in [1.807, 2.05) is 13.8 Å². The van der Waals surface area contributed by atoms with Gasteiger partial charge in [0.05, 0.1) is 17.8 Å². The first-order chi connectivity index (χ1) is 19.9. The van der Waals surface area contributed by atoms with Gasteiger partial charge in [-0.1, -0.05) is 87.3 Å². The Morgan fingerprint density at radius 3 is 2.11 bits per heavy atom. The molecule has 3 fully saturated rings. The van der Waals surface area contributed by atoms with Crippen molar-refractivity contribution in [1.82, 2.24) is 0 Å². The quantitative estimate of drug-likeness (QED) is 0.227. The van der Waals surface area contributed by atoms with Gasteiger partial charge < -0.3 is 14.0 Å². The SMILES string of the molecule is C=C1/C(=C/CC2CCC[C@]3(C)[C@@H]([C@H](C)CCCC(C)(C)O)CC[C@@H]23)C[C@@H](O[Si](C)(C)C(C)(C)C)C[C@@H]1O[Si](C)(C)C(C)(C)C. The van der Waals surface area contributed by atoms with E-state index < -0.39 is 22.2 Å². The van der Waals surface area contributed by atoms with Crippen LogP contribution in [0.1, 0.15) is 140 Å². The predicted molar refractivity (Wildman–Crippen MR) is 196 cm³/mol. The molecule has 3 aliphatic rings. The average Bonchev–Trinajstić information content (AvgIpc) is 3.20. The third-order valence-corrected chi connectivity index (χ3v) is 22.4. The molecule has 0 amide bonds. The monoisotopic (exact) mass is 647 g/mol. The van der Waals surface area contributed by atoms with Crippen LogP contribution in [0, 0.1) is 29.1 Å². The maximum Gasteiger partial charge on any atom is 0.192 e. The number of hydrogen-bond donors (Lipinski definition) is 1. The first kappa shape index (κ1) is 38.2. The molecule has 5 heteroatoms. The summed E-state index contributed by atoms with van der Waals surface area (Å²) in [6.45, 7) is 37.4. The smallest absolute Gasteiger partial charge is 0.192 e. The van der Waals surface area contributed by atoms with E-state index in [-0.39, 0.29) is 22.3 Å². The second-order valence-electron chi connectivity index (χ2n) is 19.4. The van der Waals surface area contributed by atoms with E-state index in [2.05, 4.69) is 87.7 Å². The van der Waals surface area contributed by atoms with Crippen LogP contribution in [-0.4, -0.2) is 39.6 Å². The minimum atomic E-state index is -1.96. The van der Waals surface area contributed by atoms with Gasteiger partial charge in [-0.25, -0.2) is 0 Å². The van der Waals surface area contributed by atoms with Crippen LogP contribution in [0.5, 0.6) is 0 Å². The maximum atomic E-state index is 10.2. The van der Waals surface area contributed by atoms with E-state index in [0.29, 0.717) is 5.41 Å². The van der Waals surface area contributed by atoms with Crippen LogP contribution in [0.2, 0.25) is 36.3 Å². The van der Waals surface area contributed by atoms with Crippen molar-refractivity contribution in [2.75, 3.05) is 0 Å². The van der Waals surface area contributed by atoms with Crippen LogP contribution in [0.15, 0.2) is 23.8 Å². The summed E-state index contributed by atoms with van der Waals surface area (Å²) in [7, 11) is -3.86. The first-order valence-electron chi connectivity index (χ1n) is 18.3. The van der Waals surface area contributed by atoms with Crippen molar-refractivity contribution in [2.45, 2.75) is 194 Å². The van der Waals surface area contributed by atoms with E-state index in [4.69, 9.17) is 15.4 Å². The van der Waals surface area contributed by atoms with Crippen LogP contribution >= 0.6 is 0 Å². The molecule has 3 nitrogen and oxygen atoms in total. The topological polar surface area (TPSA) is 38.7 Å². The zero-order chi connectivity index (χ0) is 33.5. The largest absolute Gasteiger partial charge is 0.413 e. The summed E-state index contributed by atoms with van der Waals surface area (Å²) in [5, 5.41) is 10.6. The van der Waals surface area contributed by atoms with Crippen LogP contribution in [0.4, 0.5) is 0 Å². The van der Waals surface area contributed by atoms with Crippen molar-refractivity contribution in [3.8, 4) is 0 Å². The molecule has 0 aromatic heterocycles. The summed E-state index contributed by atoms with van der Waals surface area (Å²) in [6, 6.07) is 0. The lowest BCUT2D eigenvalue weighted by molar-refractivity contribution is 0.0259. The van der Waals surface area contributed by atoms with Crippen LogP contribution in [0.3, 0.4) is 0 Å². The van der Waals surface area contributed by atoms with Crippen molar-refractivity contribution < 1.29 is 14.0 Å². The summed E-state index contributed by atoms with van der Waals surface area (Å²) in [6.07, 6.45) is 16.1. The lowest BCUT2D eigenvalue weighted by Crippen LogP contribution is -2.49. The van der Waals surface area contributed by atoms with Gasteiger partial charge in [0.25, 0.3) is 0 Å². The van der Waals surface area contributed by atoms with Gasteiger partial charge in [-0.2, -0.15) is 0 Å². The zero-order valence-electron chi connectivity index (χ0n) is 31.8. The lowest BCUT2D eigenvalue weighted by atomic mass is 9.58. The summed E-state index contributed by atoms with van der Waals surface area (Å²) in [4.78, 5) is 0. The fourth-order valence-electron chi connectivity index (χ4n) is 8.55. The van der Waals surface area contributed by atoms with Crippen molar-refractivity contribution in [3.63, 3.8) is 0 Å². The molecule has 0 aromatic rings. The lowest BCUT2D eigenvalue weighted by Gasteiger charge is -2.47. The Morgan fingerprint density at radius 1 is 0.955 bits per heavy atom. The number of allylic oxidation sites excluding steroid dienone is 1. The molecule has 0 saturated heterocycles. The van der Waals surface area contributed by atoms with Gasteiger partial charge in [-0.3, -0.25) is 0 Å². The van der Waals surface area contributed by atoms with Gasteiger partial charge >= 0.3 is 0 Å². The number of fused-ring (bicyclic) bond motifs is 1. The third kappa shape index (κ3) is 9.02. The van der Waals surface area contributed by atoms with E-state index in [1.54, 1.807) is 0 Å². The normalized spacial score (nSPS) is 32.7. The zero-order valence-corrected chi connectivity index (χ0v) is 33.8. The van der Waals surface area contributed by atoms with Crippen molar-refractivity contribution in [1.29, 1.82) is 0 Å². The molecular formula is C39H74O3Si2. The van der Waals surface area contributed by atoms with Crippen LogP contribution < -0.4 is 0 Å². The fraction of sp³-hybridized carbons (Fsp3) is 0.897. The summed E-state index contributed by atoms with van der Waals surface area (Å²) in [5.74, 6) is 3.15. The van der Waals surface area contributed by atoms with Crippen molar-refractivity contribution in [2.24, 2.45) is 29.1 Å². The molecule has 0 bridgehead atoms. The predicted octanol–water partition coefficient (Wildman–Crippen LogP) is 11.8. The Balaban J connectivity index is 1.79. The Kier molecular flexibility index (Phi) is 11.9. The molecule has 0 aliphatic heterocycles. The molecule has 44 heavy (non-hydrogen) atoms. The summed E-state index contributed by atoms with van der Waals surface area (Å²) < 4.78 is 14.2. The fourth-order valence-corrected chi connectivity index (χ4v) is 11.2. The molecule has 7 atom stereocenters. The minimum absolute atomic E-state index is 0.0582. The highest BCUT2D eigenvalue weighted by atomic mass is 28.4. The molecule has 0 heterocycles. The molecule has 3 rings (SSSR count). The second kappa shape index (κ2) is 13.7. The third-order valence-electron chi connectivity index (χ3n) is 13.4. The van der Waals surface area contributed by atoms with E-state index in [1.165, 1.54) is 56.1 Å². The molecule has 3 aliphatic carbocycles. The van der Waals surface area contributed by atoms with Gasteiger partial charge in [0.1, 0.15) is 0 Å². The van der Waals surface area contributed by atoms with Crippen molar-refractivity contribution in [3.05, 3.63) is 23.8 Å². The summed E-state index contributed by atoms with van der Waals surface area (Å²) in [5.41, 5.74) is 2.57. The van der Waals surface area contributed by atoms with Gasteiger partial charge in [-0.15, -0.1) is 0 Å². The minimum Gasteiger partial charge on any atom is -0.413 e. The number of aliphatic hydroxyl groups is 1. The van der Waals surface area contributed by atoms with Gasteiger partial charge in [0.15, 0.2) is 16.6 Å². The molecule has 256 valence electrons. The van der Waals surface area contributed by atoms with E-state index in [9.17, 15) is 5.11 Å². The average molecular weight is 647 g/mol. The van der Waals surface area contributed by atoms with Crippen LogP contribution in [-0.2, 0) is 8.85 Å².